The van der Waals surface area contributed by atoms with E-state index in [1.165, 1.54) is 12.8 Å². The van der Waals surface area contributed by atoms with Crippen LogP contribution in [-0.2, 0) is 9.53 Å². The van der Waals surface area contributed by atoms with Crippen LogP contribution < -0.4 is 18.9 Å². The first-order valence-electron chi connectivity index (χ1n) is 11.8. The molecule has 0 radical (unpaired) electrons. The van der Waals surface area contributed by atoms with Gasteiger partial charge < -0.3 is 23.7 Å². The molecule has 182 valence electrons. The number of carbonyl (C=O) groups excluding carboxylic acids is 1. The number of rotatable bonds is 13. The van der Waals surface area contributed by atoms with Crippen LogP contribution >= 0.6 is 0 Å². The number of nitrogens with zero attached hydrogens (tertiary/aromatic N) is 1. The number of hydrogen-bond donors (Lipinski definition) is 0. The third-order valence-corrected chi connectivity index (χ3v) is 5.16. The third kappa shape index (κ3) is 6.53. The Bertz CT molecular complexity index is 1040. The van der Waals surface area contributed by atoms with Gasteiger partial charge in [0.15, 0.2) is 28.7 Å². The summed E-state index contributed by atoms with van der Waals surface area (Å²) < 4.78 is 28.0. The molecule has 0 fully saturated rings. The van der Waals surface area contributed by atoms with Crippen molar-refractivity contribution in [2.45, 2.75) is 46.5 Å². The zero-order valence-corrected chi connectivity index (χ0v) is 20.4. The molecule has 3 rings (SSSR count). The van der Waals surface area contributed by atoms with E-state index < -0.39 is 5.97 Å². The number of carbonyl (C=O) groups is 1. The van der Waals surface area contributed by atoms with Crippen molar-refractivity contribution >= 4 is 17.9 Å². The average Bonchev–Trinajstić information content (AvgIpc) is 3.21. The lowest BCUT2D eigenvalue weighted by Crippen LogP contribution is -2.06. The van der Waals surface area contributed by atoms with Gasteiger partial charge in [-0.25, -0.2) is 9.79 Å². The Kier molecular flexibility index (Phi) is 9.38. The maximum absolute atomic E-state index is 12.5. The molecule has 2 aromatic carbocycles. The smallest absolute Gasteiger partial charge is 0.363 e. The Balaban J connectivity index is 1.78. The summed E-state index contributed by atoms with van der Waals surface area (Å²) in [6, 6.07) is 10.9. The molecule has 0 aliphatic carbocycles. The van der Waals surface area contributed by atoms with Gasteiger partial charge in [0, 0.05) is 5.56 Å². The first-order chi connectivity index (χ1) is 16.6. The van der Waals surface area contributed by atoms with Crippen molar-refractivity contribution in [3.05, 3.63) is 53.2 Å². The molecule has 1 heterocycles. The van der Waals surface area contributed by atoms with Gasteiger partial charge in [-0.2, -0.15) is 0 Å². The summed E-state index contributed by atoms with van der Waals surface area (Å²) in [7, 11) is 1.60. The summed E-state index contributed by atoms with van der Waals surface area (Å²) in [5.74, 6) is 2.20. The topological polar surface area (TPSA) is 75.6 Å². The lowest BCUT2D eigenvalue weighted by Gasteiger charge is -2.11. The molecule has 0 spiro atoms. The molecular formula is C27H33NO6. The van der Waals surface area contributed by atoms with Gasteiger partial charge in [0.25, 0.3) is 0 Å². The molecular weight excluding hydrogens is 434 g/mol. The fraction of sp³-hybridized carbons (Fsp3) is 0.407. The van der Waals surface area contributed by atoms with Crippen LogP contribution in [0, 0.1) is 0 Å². The predicted octanol–water partition coefficient (Wildman–Crippen LogP) is 5.80. The average molecular weight is 468 g/mol. The largest absolute Gasteiger partial charge is 0.493 e. The van der Waals surface area contributed by atoms with Crippen molar-refractivity contribution < 1.29 is 28.5 Å². The standard InChI is InChI=1S/C27H33NO6/c1-5-8-9-10-15-33-22-13-11-19(17-24(22)30-4)16-21-27(29)34-26(28-21)20-12-14-23(31-6-2)25(18-20)32-7-3/h11-14,16-18H,5-10,15H2,1-4H3/b21-16-. The van der Waals surface area contributed by atoms with Gasteiger partial charge in [0.2, 0.25) is 5.90 Å². The van der Waals surface area contributed by atoms with Crippen LogP contribution in [0.1, 0.15) is 57.6 Å². The molecule has 0 aromatic heterocycles. The second kappa shape index (κ2) is 12.7. The number of methoxy groups -OCH3 is 1. The zero-order chi connectivity index (χ0) is 24.3. The highest BCUT2D eigenvalue weighted by Crippen LogP contribution is 2.32. The maximum Gasteiger partial charge on any atom is 0.363 e. The van der Waals surface area contributed by atoms with Crippen molar-refractivity contribution in [2.24, 2.45) is 4.99 Å². The molecule has 1 aliphatic rings. The van der Waals surface area contributed by atoms with Gasteiger partial charge in [-0.3, -0.25) is 0 Å². The Morgan fingerprint density at radius 3 is 2.32 bits per heavy atom. The van der Waals surface area contributed by atoms with E-state index in [9.17, 15) is 4.79 Å². The van der Waals surface area contributed by atoms with Gasteiger partial charge in [0.1, 0.15) is 0 Å². The summed E-state index contributed by atoms with van der Waals surface area (Å²) in [4.78, 5) is 16.9. The van der Waals surface area contributed by atoms with Crippen molar-refractivity contribution in [3.63, 3.8) is 0 Å². The molecule has 1 aliphatic heterocycles. The second-order valence-corrected chi connectivity index (χ2v) is 7.68. The van der Waals surface area contributed by atoms with Gasteiger partial charge >= 0.3 is 5.97 Å². The van der Waals surface area contributed by atoms with E-state index in [-0.39, 0.29) is 11.6 Å². The van der Waals surface area contributed by atoms with Crippen LogP contribution in [-0.4, -0.2) is 38.8 Å². The quantitative estimate of drug-likeness (QED) is 0.211. The van der Waals surface area contributed by atoms with Gasteiger partial charge in [-0.15, -0.1) is 0 Å². The summed E-state index contributed by atoms with van der Waals surface area (Å²) in [5.41, 5.74) is 1.60. The summed E-state index contributed by atoms with van der Waals surface area (Å²) in [5, 5.41) is 0. The van der Waals surface area contributed by atoms with Crippen LogP contribution in [0.4, 0.5) is 0 Å². The minimum absolute atomic E-state index is 0.206. The van der Waals surface area contributed by atoms with Crippen LogP contribution in [0.3, 0.4) is 0 Å². The minimum Gasteiger partial charge on any atom is -0.493 e. The van der Waals surface area contributed by atoms with Crippen LogP contribution in [0.25, 0.3) is 6.08 Å². The van der Waals surface area contributed by atoms with Gasteiger partial charge in [-0.05, 0) is 62.2 Å². The second-order valence-electron chi connectivity index (χ2n) is 7.68. The molecule has 34 heavy (non-hydrogen) atoms. The lowest BCUT2D eigenvalue weighted by atomic mass is 10.1. The summed E-state index contributed by atoms with van der Waals surface area (Å²) >= 11 is 0. The summed E-state index contributed by atoms with van der Waals surface area (Å²) in [6.07, 6.45) is 6.20. The normalized spacial score (nSPS) is 14.1. The zero-order valence-electron chi connectivity index (χ0n) is 20.4. The molecule has 2 aromatic rings. The van der Waals surface area contributed by atoms with Crippen molar-refractivity contribution in [2.75, 3.05) is 26.9 Å². The number of hydrogen-bond acceptors (Lipinski definition) is 7. The van der Waals surface area contributed by atoms with E-state index in [1.807, 2.05) is 32.0 Å². The van der Waals surface area contributed by atoms with Crippen LogP contribution in [0.2, 0.25) is 0 Å². The van der Waals surface area contributed by atoms with E-state index in [1.54, 1.807) is 31.4 Å². The summed E-state index contributed by atoms with van der Waals surface area (Å²) in [6.45, 7) is 7.64. The molecule has 7 nitrogen and oxygen atoms in total. The van der Waals surface area contributed by atoms with E-state index in [4.69, 9.17) is 23.7 Å². The molecule has 0 unspecified atom stereocenters. The molecule has 7 heteroatoms. The SMILES string of the molecule is CCCCCCOc1ccc(/C=C2\N=C(c3ccc(OCC)c(OCC)c3)OC2=O)cc1OC. The Labute approximate surface area is 201 Å². The molecule has 0 saturated carbocycles. The van der Waals surface area contributed by atoms with Crippen molar-refractivity contribution in [3.8, 4) is 23.0 Å². The van der Waals surface area contributed by atoms with Gasteiger partial charge in [-0.1, -0.05) is 32.3 Å². The number of esters is 1. The number of aliphatic imine (C=N–C) groups is 1. The molecule has 0 saturated heterocycles. The first kappa shape index (κ1) is 25.1. The van der Waals surface area contributed by atoms with Crippen molar-refractivity contribution in [1.82, 2.24) is 0 Å². The third-order valence-electron chi connectivity index (χ3n) is 5.16. The highest BCUT2D eigenvalue weighted by Gasteiger charge is 2.25. The van der Waals surface area contributed by atoms with E-state index in [0.29, 0.717) is 48.4 Å². The highest BCUT2D eigenvalue weighted by atomic mass is 16.6. The molecule has 0 atom stereocenters. The molecule has 0 amide bonds. The number of ether oxygens (including phenoxy) is 5. The number of cyclic esters (lactones) is 1. The fourth-order valence-electron chi connectivity index (χ4n) is 3.48. The van der Waals surface area contributed by atoms with Gasteiger partial charge in [0.05, 0.1) is 26.9 Å². The maximum atomic E-state index is 12.5. The van der Waals surface area contributed by atoms with Crippen LogP contribution in [0.15, 0.2) is 47.1 Å². The van der Waals surface area contributed by atoms with E-state index in [2.05, 4.69) is 11.9 Å². The highest BCUT2D eigenvalue weighted by molar-refractivity contribution is 6.13. The Morgan fingerprint density at radius 1 is 0.853 bits per heavy atom. The van der Waals surface area contributed by atoms with Crippen LogP contribution in [0.5, 0.6) is 23.0 Å². The predicted molar refractivity (Wildman–Crippen MR) is 132 cm³/mol. The molecule has 0 N–H and O–H groups in total. The lowest BCUT2D eigenvalue weighted by molar-refractivity contribution is -0.129. The van der Waals surface area contributed by atoms with E-state index in [0.717, 1.165) is 18.4 Å². The monoisotopic (exact) mass is 467 g/mol. The Morgan fingerprint density at radius 2 is 1.59 bits per heavy atom. The first-order valence-corrected chi connectivity index (χ1v) is 11.8. The Hall–Kier alpha value is -3.48. The van der Waals surface area contributed by atoms with E-state index >= 15 is 0 Å². The minimum atomic E-state index is -0.517. The number of unbranched alkanes of at least 4 members (excludes halogenated alkanes) is 3. The fourth-order valence-corrected chi connectivity index (χ4v) is 3.48. The number of benzene rings is 2. The molecule has 0 bridgehead atoms. The van der Waals surface area contributed by atoms with Crippen molar-refractivity contribution in [1.29, 1.82) is 0 Å².